The molecule has 4 aliphatic carbocycles. The maximum Gasteiger partial charge on any atom is 0.330 e. The Morgan fingerprint density at radius 1 is 1.27 bits per heavy atom. The molecule has 0 aromatic rings. The van der Waals surface area contributed by atoms with Crippen LogP contribution < -0.4 is 0 Å². The van der Waals surface area contributed by atoms with E-state index in [0.717, 1.165) is 38.5 Å². The fraction of sp³-hybridized carbons (Fsp3) is 0.733. The van der Waals surface area contributed by atoms with E-state index in [4.69, 9.17) is 11.7 Å². The van der Waals surface area contributed by atoms with Gasteiger partial charge in [-0.05, 0) is 92.3 Å². The van der Waals surface area contributed by atoms with Gasteiger partial charge >= 0.3 is 5.97 Å². The van der Waals surface area contributed by atoms with Crippen LogP contribution in [0.2, 0.25) is 0 Å². The lowest BCUT2D eigenvalue weighted by Crippen LogP contribution is -2.55. The van der Waals surface area contributed by atoms with E-state index in [2.05, 4.69) is 40.7 Å². The van der Waals surface area contributed by atoms with Crippen molar-refractivity contribution in [2.75, 3.05) is 0 Å². The summed E-state index contributed by atoms with van der Waals surface area (Å²) in [4.78, 5) is 23.9. The molecule has 4 aliphatic rings. The van der Waals surface area contributed by atoms with Crippen molar-refractivity contribution in [1.82, 2.24) is 0 Å². The number of aliphatic carboxylic acids is 1. The van der Waals surface area contributed by atoms with E-state index in [-0.39, 0.29) is 16.2 Å². The summed E-state index contributed by atoms with van der Waals surface area (Å²) in [5, 5.41) is 9.14. The highest BCUT2D eigenvalue weighted by molar-refractivity contribution is 5.86. The Labute approximate surface area is 200 Å². The monoisotopic (exact) mass is 452 g/mol. The maximum absolute atomic E-state index is 12.8. The average Bonchev–Trinajstić information content (AvgIpc) is 3.11. The minimum atomic E-state index is -0.814. The number of fused-ring (bicyclic) bond motifs is 5. The first-order chi connectivity index (χ1) is 15.3. The predicted octanol–water partition coefficient (Wildman–Crippen LogP) is 7.38. The molecule has 0 aromatic heterocycles. The molecule has 182 valence electrons. The molecule has 3 fully saturated rings. The fourth-order valence-electron chi connectivity index (χ4n) is 8.80. The van der Waals surface area contributed by atoms with Gasteiger partial charge in [0.1, 0.15) is 5.78 Å². The van der Waals surface area contributed by atoms with E-state index in [1.807, 2.05) is 6.08 Å². The normalized spacial score (nSPS) is 41.0. The predicted molar refractivity (Wildman–Crippen MR) is 134 cm³/mol. The Balaban J connectivity index is 1.59. The molecule has 0 spiro atoms. The number of hydrogen-bond acceptors (Lipinski definition) is 2. The van der Waals surface area contributed by atoms with Crippen molar-refractivity contribution in [2.45, 2.75) is 92.9 Å². The number of Topliss-reactive ketones (excluding diaryl/α,β-unsaturated/α-hetero) is 1. The number of hydrogen-bond donors (Lipinski definition) is 1. The summed E-state index contributed by atoms with van der Waals surface area (Å²) in [6.45, 7) is 18.1. The lowest BCUT2D eigenvalue weighted by molar-refractivity contribution is -0.144. The van der Waals surface area contributed by atoms with Crippen molar-refractivity contribution < 1.29 is 14.7 Å². The second kappa shape index (κ2) is 8.24. The average molecular weight is 453 g/mol. The molecule has 7 atom stereocenters. The summed E-state index contributed by atoms with van der Waals surface area (Å²) in [7, 11) is 0. The molecule has 3 nitrogen and oxygen atoms in total. The molecule has 3 saturated carbocycles. The highest BCUT2D eigenvalue weighted by Crippen LogP contribution is 2.69. The molecular formula is C30H44O3. The maximum atomic E-state index is 12.8. The zero-order valence-electron chi connectivity index (χ0n) is 21.7. The molecule has 0 saturated heterocycles. The van der Waals surface area contributed by atoms with Crippen LogP contribution >= 0.6 is 0 Å². The van der Waals surface area contributed by atoms with Gasteiger partial charge in [0.2, 0.25) is 0 Å². The second-order valence-electron chi connectivity index (χ2n) is 12.9. The summed E-state index contributed by atoms with van der Waals surface area (Å²) in [5.41, 5.74) is 3.70. The third-order valence-electron chi connectivity index (χ3n) is 10.8. The first-order valence-corrected chi connectivity index (χ1v) is 13.2. The largest absolute Gasteiger partial charge is 0.478 e. The van der Waals surface area contributed by atoms with Crippen LogP contribution in [0.4, 0.5) is 0 Å². The van der Waals surface area contributed by atoms with Gasteiger partial charge in [-0.2, -0.15) is 0 Å². The van der Waals surface area contributed by atoms with Crippen LogP contribution in [-0.2, 0) is 9.59 Å². The van der Waals surface area contributed by atoms with Gasteiger partial charge in [-0.1, -0.05) is 64.5 Å². The lowest BCUT2D eigenvalue weighted by atomic mass is 9.43. The summed E-state index contributed by atoms with van der Waals surface area (Å²) >= 11 is 0. The van der Waals surface area contributed by atoms with E-state index >= 15 is 0 Å². The molecule has 7 unspecified atom stereocenters. The highest BCUT2D eigenvalue weighted by Gasteiger charge is 2.62. The molecule has 0 heterocycles. The topological polar surface area (TPSA) is 54.4 Å². The molecule has 4 rings (SSSR count). The van der Waals surface area contributed by atoms with Crippen LogP contribution in [0, 0.1) is 45.8 Å². The molecule has 0 aromatic carbocycles. The Bertz CT molecular complexity index is 921. The van der Waals surface area contributed by atoms with Crippen LogP contribution in [0.1, 0.15) is 92.9 Å². The first-order valence-electron chi connectivity index (χ1n) is 13.2. The Morgan fingerprint density at radius 3 is 2.64 bits per heavy atom. The number of carboxylic acids is 1. The Morgan fingerprint density at radius 2 is 1.97 bits per heavy atom. The van der Waals surface area contributed by atoms with Gasteiger partial charge in [-0.25, -0.2) is 4.79 Å². The van der Waals surface area contributed by atoms with Crippen LogP contribution in [0.15, 0.2) is 35.5 Å². The smallest absolute Gasteiger partial charge is 0.330 e. The van der Waals surface area contributed by atoms with Crippen molar-refractivity contribution in [3.05, 3.63) is 35.5 Å². The number of allylic oxidation sites excluding steroid dienone is 4. The van der Waals surface area contributed by atoms with Crippen LogP contribution in [0.25, 0.3) is 0 Å². The summed E-state index contributed by atoms with van der Waals surface area (Å²) in [6.07, 6.45) is 12.6. The van der Waals surface area contributed by atoms with Gasteiger partial charge in [0, 0.05) is 17.4 Å². The van der Waals surface area contributed by atoms with Gasteiger partial charge in [0.15, 0.2) is 0 Å². The van der Waals surface area contributed by atoms with Crippen molar-refractivity contribution in [1.29, 1.82) is 0 Å². The lowest BCUT2D eigenvalue weighted by Gasteiger charge is -2.61. The van der Waals surface area contributed by atoms with Crippen molar-refractivity contribution in [3.63, 3.8) is 0 Å². The molecule has 0 aliphatic heterocycles. The van der Waals surface area contributed by atoms with Gasteiger partial charge in [0.25, 0.3) is 0 Å². The molecule has 0 amide bonds. The SMILES string of the molecule is C=C1CC2C(=CCC3C(C)(C)C(=O)CCC23C)C2(C)CCC(C(C)CCC=C(C)C(=O)O)C12. The summed E-state index contributed by atoms with van der Waals surface area (Å²) in [5.74, 6) is 2.28. The van der Waals surface area contributed by atoms with Crippen LogP contribution in [0.3, 0.4) is 0 Å². The van der Waals surface area contributed by atoms with Gasteiger partial charge in [-0.15, -0.1) is 0 Å². The van der Waals surface area contributed by atoms with E-state index in [9.17, 15) is 9.59 Å². The van der Waals surface area contributed by atoms with E-state index < -0.39 is 5.97 Å². The summed E-state index contributed by atoms with van der Waals surface area (Å²) in [6, 6.07) is 0. The summed E-state index contributed by atoms with van der Waals surface area (Å²) < 4.78 is 0. The number of carboxylic acid groups (broad SMARTS) is 1. The molecule has 0 bridgehead atoms. The quantitative estimate of drug-likeness (QED) is 0.349. The minimum Gasteiger partial charge on any atom is -0.478 e. The molecule has 3 heteroatoms. The molecule has 0 radical (unpaired) electrons. The minimum absolute atomic E-state index is 0.182. The van der Waals surface area contributed by atoms with Crippen LogP contribution in [0.5, 0.6) is 0 Å². The second-order valence-corrected chi connectivity index (χ2v) is 12.9. The Hall–Kier alpha value is -1.64. The van der Waals surface area contributed by atoms with E-state index in [1.165, 1.54) is 18.4 Å². The van der Waals surface area contributed by atoms with E-state index in [0.29, 0.717) is 40.9 Å². The van der Waals surface area contributed by atoms with Gasteiger partial charge in [0.05, 0.1) is 0 Å². The molecular weight excluding hydrogens is 408 g/mol. The van der Waals surface area contributed by atoms with Crippen molar-refractivity contribution in [2.24, 2.45) is 45.8 Å². The molecule has 1 N–H and O–H groups in total. The van der Waals surface area contributed by atoms with Gasteiger partial charge in [-0.3, -0.25) is 4.79 Å². The zero-order chi connectivity index (χ0) is 24.3. The van der Waals surface area contributed by atoms with Crippen molar-refractivity contribution >= 4 is 11.8 Å². The molecule has 33 heavy (non-hydrogen) atoms. The van der Waals surface area contributed by atoms with Crippen molar-refractivity contribution in [3.8, 4) is 0 Å². The number of carbonyl (C=O) groups excluding carboxylic acids is 1. The highest BCUT2D eigenvalue weighted by atomic mass is 16.4. The number of rotatable bonds is 5. The standard InChI is InChI=1S/C30H44O3/c1-18(9-8-10-19(2)27(32)33)21-13-15-30(7)22-11-12-24-28(4,5)25(31)14-16-29(24,6)23(22)17-20(3)26(21)30/h10-11,18,21,23-24,26H,3,8-9,12-17H2,1-2,4-7H3,(H,32,33). The van der Waals surface area contributed by atoms with Gasteiger partial charge < -0.3 is 5.11 Å². The third kappa shape index (κ3) is 3.69. The third-order valence-corrected chi connectivity index (χ3v) is 10.8. The zero-order valence-corrected chi connectivity index (χ0v) is 21.7. The van der Waals surface area contributed by atoms with Crippen LogP contribution in [-0.4, -0.2) is 16.9 Å². The first kappa shape index (κ1) is 24.5. The van der Waals surface area contributed by atoms with E-state index in [1.54, 1.807) is 12.5 Å². The fourth-order valence-corrected chi connectivity index (χ4v) is 8.80. The Kier molecular flexibility index (Phi) is 6.11. The number of ketones is 1. The number of carbonyl (C=O) groups is 2.